The number of alkyl halides is 3. The van der Waals surface area contributed by atoms with Gasteiger partial charge in [0, 0.05) is 35.4 Å². The van der Waals surface area contributed by atoms with Crippen LogP contribution >= 0.6 is 0 Å². The summed E-state index contributed by atoms with van der Waals surface area (Å²) in [7, 11) is 0. The zero-order valence-corrected chi connectivity index (χ0v) is 15.0. The molecule has 1 aliphatic rings. The van der Waals surface area contributed by atoms with E-state index in [9.17, 15) is 18.0 Å². The second-order valence-corrected chi connectivity index (χ2v) is 6.50. The molecule has 0 aliphatic carbocycles. The Morgan fingerprint density at radius 2 is 2.00 bits per heavy atom. The molecule has 0 fully saturated rings. The minimum absolute atomic E-state index is 0.0404. The van der Waals surface area contributed by atoms with Gasteiger partial charge in [0.05, 0.1) is 18.0 Å². The van der Waals surface area contributed by atoms with Gasteiger partial charge in [-0.25, -0.2) is 4.99 Å². The maximum Gasteiger partial charge on any atom is 0.416 e. The largest absolute Gasteiger partial charge is 0.487 e. The van der Waals surface area contributed by atoms with Crippen molar-refractivity contribution in [1.82, 2.24) is 15.2 Å². The summed E-state index contributed by atoms with van der Waals surface area (Å²) in [6.07, 6.45) is 0.254. The highest BCUT2D eigenvalue weighted by Gasteiger charge is 2.33. The number of aliphatic imine (C=N–C) groups is 1. The van der Waals surface area contributed by atoms with Crippen LogP contribution < -0.4 is 4.74 Å². The Labute approximate surface area is 163 Å². The van der Waals surface area contributed by atoms with Crippen molar-refractivity contribution < 1.29 is 22.7 Å². The first-order valence-electron chi connectivity index (χ1n) is 8.76. The van der Waals surface area contributed by atoms with E-state index in [2.05, 4.69) is 20.2 Å². The number of aromatic nitrogens is 3. The number of nitrogens with one attached hydrogen (secondary N) is 1. The van der Waals surface area contributed by atoms with Crippen LogP contribution in [0.2, 0.25) is 0 Å². The number of rotatable bonds is 4. The molecule has 2 aromatic heterocycles. The van der Waals surface area contributed by atoms with E-state index in [1.807, 2.05) is 0 Å². The molecule has 1 aliphatic heterocycles. The fourth-order valence-corrected chi connectivity index (χ4v) is 3.19. The van der Waals surface area contributed by atoms with E-state index in [0.717, 1.165) is 11.6 Å². The lowest BCUT2D eigenvalue weighted by molar-refractivity contribution is -0.138. The highest BCUT2D eigenvalue weighted by molar-refractivity contribution is 5.94. The Hall–Kier alpha value is -3.49. The van der Waals surface area contributed by atoms with Crippen LogP contribution in [0.15, 0.2) is 53.8 Å². The molecule has 1 N–H and O–H groups in total. The number of hydrogen-bond donors (Lipinski definition) is 1. The maximum absolute atomic E-state index is 13.1. The van der Waals surface area contributed by atoms with Gasteiger partial charge in [-0.15, -0.1) is 0 Å². The van der Waals surface area contributed by atoms with Gasteiger partial charge in [-0.3, -0.25) is 14.9 Å². The molecule has 1 atom stereocenters. The van der Waals surface area contributed by atoms with Gasteiger partial charge in [-0.05, 0) is 18.2 Å². The molecule has 0 radical (unpaired) electrons. The Morgan fingerprint density at radius 3 is 2.76 bits per heavy atom. The quantitative estimate of drug-likeness (QED) is 0.721. The van der Waals surface area contributed by atoms with Crippen LogP contribution in [0.5, 0.6) is 5.75 Å². The van der Waals surface area contributed by atoms with Crippen molar-refractivity contribution in [3.8, 4) is 5.75 Å². The first kappa shape index (κ1) is 18.9. The monoisotopic (exact) mass is 400 g/mol. The first-order chi connectivity index (χ1) is 13.9. The van der Waals surface area contributed by atoms with Gasteiger partial charge in [0.2, 0.25) is 5.91 Å². The average Bonchev–Trinajstić information content (AvgIpc) is 3.11. The third-order valence-electron chi connectivity index (χ3n) is 4.62. The number of ether oxygens (including phenoxy) is 1. The van der Waals surface area contributed by atoms with Gasteiger partial charge in [-0.1, -0.05) is 18.2 Å². The molecule has 1 aromatic carbocycles. The van der Waals surface area contributed by atoms with Crippen molar-refractivity contribution in [2.24, 2.45) is 4.99 Å². The summed E-state index contributed by atoms with van der Waals surface area (Å²) < 4.78 is 44.7. The summed E-state index contributed by atoms with van der Waals surface area (Å²) in [4.78, 5) is 20.1. The minimum atomic E-state index is -4.45. The van der Waals surface area contributed by atoms with Crippen LogP contribution in [-0.4, -0.2) is 27.3 Å². The van der Waals surface area contributed by atoms with Crippen LogP contribution in [0.25, 0.3) is 0 Å². The number of H-pyrrole nitrogens is 1. The van der Waals surface area contributed by atoms with Crippen LogP contribution in [0.4, 0.5) is 13.2 Å². The molecule has 1 unspecified atom stereocenters. The molecule has 0 bridgehead atoms. The van der Waals surface area contributed by atoms with Crippen molar-refractivity contribution in [1.29, 1.82) is 0 Å². The topological polar surface area (TPSA) is 80.2 Å². The molecule has 9 heteroatoms. The van der Waals surface area contributed by atoms with E-state index in [1.54, 1.807) is 18.3 Å². The molecule has 4 rings (SSSR count). The van der Waals surface area contributed by atoms with Gasteiger partial charge < -0.3 is 4.74 Å². The highest BCUT2D eigenvalue weighted by Crippen LogP contribution is 2.33. The zero-order chi connectivity index (χ0) is 20.4. The second kappa shape index (κ2) is 7.50. The Morgan fingerprint density at radius 1 is 1.17 bits per heavy atom. The van der Waals surface area contributed by atoms with Gasteiger partial charge in [0.15, 0.2) is 0 Å². The third kappa shape index (κ3) is 4.03. The van der Waals surface area contributed by atoms with Crippen LogP contribution in [0.1, 0.15) is 40.4 Å². The Balaban J connectivity index is 1.51. The fraction of sp³-hybridized carbons (Fsp3) is 0.200. The number of halogens is 3. The zero-order valence-electron chi connectivity index (χ0n) is 15.0. The van der Waals surface area contributed by atoms with Gasteiger partial charge in [0.1, 0.15) is 18.1 Å². The molecule has 0 saturated heterocycles. The molecular formula is C20H15F3N4O2. The van der Waals surface area contributed by atoms with Gasteiger partial charge in [0.25, 0.3) is 0 Å². The SMILES string of the molecule is O=C1CC(c2ccc(OCc3ccccc3C(F)(F)F)cn2)c2c[nH]nc2C=N1. The predicted octanol–water partition coefficient (Wildman–Crippen LogP) is 3.88. The lowest BCUT2D eigenvalue weighted by Gasteiger charge is -2.15. The van der Waals surface area contributed by atoms with Gasteiger partial charge >= 0.3 is 6.18 Å². The van der Waals surface area contributed by atoms with E-state index in [-0.39, 0.29) is 30.4 Å². The first-order valence-corrected chi connectivity index (χ1v) is 8.76. The van der Waals surface area contributed by atoms with Crippen molar-refractivity contribution in [3.05, 3.63) is 76.9 Å². The normalized spacial score (nSPS) is 16.4. The molecule has 29 heavy (non-hydrogen) atoms. The molecule has 1 amide bonds. The molecule has 148 valence electrons. The van der Waals surface area contributed by atoms with Crippen molar-refractivity contribution in [2.75, 3.05) is 0 Å². The number of aromatic amines is 1. The van der Waals surface area contributed by atoms with Crippen molar-refractivity contribution in [3.63, 3.8) is 0 Å². The summed E-state index contributed by atoms with van der Waals surface area (Å²) >= 11 is 0. The number of carbonyl (C=O) groups is 1. The Bertz CT molecular complexity index is 1060. The summed E-state index contributed by atoms with van der Waals surface area (Å²) in [6, 6.07) is 8.57. The maximum atomic E-state index is 13.1. The lowest BCUT2D eigenvalue weighted by Crippen LogP contribution is -2.11. The standard InChI is InChI=1S/C20H15F3N4O2/c21-20(22,23)16-4-2-1-3-12(16)11-29-13-5-6-17(24-8-13)14-7-19(28)25-10-18-15(14)9-26-27-18/h1-6,8-10,14H,7,11H2,(H,26,27). The van der Waals surface area contributed by atoms with E-state index in [1.165, 1.54) is 30.6 Å². The molecule has 0 spiro atoms. The number of nitrogens with zero attached hydrogens (tertiary/aromatic N) is 3. The van der Waals surface area contributed by atoms with Crippen molar-refractivity contribution >= 4 is 12.1 Å². The van der Waals surface area contributed by atoms with Crippen molar-refractivity contribution in [2.45, 2.75) is 25.1 Å². The van der Waals surface area contributed by atoms with E-state index >= 15 is 0 Å². The molecule has 0 saturated carbocycles. The van der Waals surface area contributed by atoms with Crippen LogP contribution in [-0.2, 0) is 17.6 Å². The third-order valence-corrected chi connectivity index (χ3v) is 4.62. The van der Waals surface area contributed by atoms with Crippen LogP contribution in [0.3, 0.4) is 0 Å². The number of amides is 1. The Kier molecular flexibility index (Phi) is 4.87. The second-order valence-electron chi connectivity index (χ2n) is 6.50. The van der Waals surface area contributed by atoms with Crippen LogP contribution in [0, 0.1) is 0 Å². The summed E-state index contributed by atoms with van der Waals surface area (Å²) in [5, 5.41) is 6.82. The summed E-state index contributed by atoms with van der Waals surface area (Å²) in [5.74, 6) is -0.271. The lowest BCUT2D eigenvalue weighted by atomic mass is 9.93. The summed E-state index contributed by atoms with van der Waals surface area (Å²) in [6.45, 7) is -0.238. The van der Waals surface area contributed by atoms with E-state index in [0.29, 0.717) is 17.1 Å². The summed E-state index contributed by atoms with van der Waals surface area (Å²) in [5.41, 5.74) is 1.31. The number of fused-ring (bicyclic) bond motifs is 1. The smallest absolute Gasteiger partial charge is 0.416 e. The number of carbonyl (C=O) groups excluding carboxylic acids is 1. The fourth-order valence-electron chi connectivity index (χ4n) is 3.19. The highest BCUT2D eigenvalue weighted by atomic mass is 19.4. The average molecular weight is 400 g/mol. The molecule has 3 aromatic rings. The van der Waals surface area contributed by atoms with Gasteiger partial charge in [-0.2, -0.15) is 18.3 Å². The minimum Gasteiger partial charge on any atom is -0.487 e. The molecule has 3 heterocycles. The van der Waals surface area contributed by atoms with E-state index in [4.69, 9.17) is 4.74 Å². The number of hydrogen-bond acceptors (Lipinski definition) is 4. The molecular weight excluding hydrogens is 385 g/mol. The number of benzene rings is 1. The predicted molar refractivity (Wildman–Crippen MR) is 97.7 cm³/mol. The molecule has 6 nitrogen and oxygen atoms in total. The van der Waals surface area contributed by atoms with E-state index < -0.39 is 11.7 Å². The number of pyridine rings is 1.